The molecule has 3 aromatic carbocycles. The van der Waals surface area contributed by atoms with Gasteiger partial charge in [0.05, 0.1) is 6.54 Å². The largest absolute Gasteiger partial charge is 0.457 e. The van der Waals surface area contributed by atoms with Crippen molar-refractivity contribution in [1.82, 2.24) is 0 Å². The molecule has 1 fully saturated rings. The van der Waals surface area contributed by atoms with Crippen molar-refractivity contribution in [2.24, 2.45) is 0 Å². The highest BCUT2D eigenvalue weighted by Gasteiger charge is 2.40. The van der Waals surface area contributed by atoms with Gasteiger partial charge in [-0.1, -0.05) is 30.3 Å². The standard InChI is InChI=1S/C23H19NO4S/c1-29(27)20-13-9-17(10-14-20)24-15-21(25)22(23(24)26)16-7-11-19(12-8-16)28-18-5-3-2-4-6-18/h2-14,22H,15H2,1H3. The molecule has 0 radical (unpaired) electrons. The molecule has 146 valence electrons. The second-order valence-electron chi connectivity index (χ2n) is 6.76. The van der Waals surface area contributed by atoms with Crippen LogP contribution in [0.2, 0.25) is 0 Å². The Balaban J connectivity index is 1.52. The average Bonchev–Trinajstić information content (AvgIpc) is 3.03. The zero-order valence-electron chi connectivity index (χ0n) is 15.8. The number of benzene rings is 3. The monoisotopic (exact) mass is 405 g/mol. The number of para-hydroxylation sites is 1. The van der Waals surface area contributed by atoms with Crippen LogP contribution in [-0.2, 0) is 20.4 Å². The predicted molar refractivity (Wildman–Crippen MR) is 112 cm³/mol. The van der Waals surface area contributed by atoms with E-state index in [-0.39, 0.29) is 18.2 Å². The zero-order chi connectivity index (χ0) is 20.4. The minimum atomic E-state index is -1.09. The third-order valence-corrected chi connectivity index (χ3v) is 5.76. The Morgan fingerprint density at radius 1 is 0.862 bits per heavy atom. The molecule has 0 aliphatic carbocycles. The van der Waals surface area contributed by atoms with Crippen LogP contribution in [0.15, 0.2) is 83.8 Å². The maximum absolute atomic E-state index is 12.9. The fraction of sp³-hybridized carbons (Fsp3) is 0.130. The van der Waals surface area contributed by atoms with Gasteiger partial charge in [0.1, 0.15) is 17.4 Å². The molecule has 0 N–H and O–H groups in total. The summed E-state index contributed by atoms with van der Waals surface area (Å²) in [6.45, 7) is 0.0281. The molecular weight excluding hydrogens is 386 g/mol. The number of hydrogen-bond donors (Lipinski definition) is 0. The summed E-state index contributed by atoms with van der Waals surface area (Å²) in [4.78, 5) is 27.7. The van der Waals surface area contributed by atoms with Gasteiger partial charge >= 0.3 is 0 Å². The molecule has 0 bridgehead atoms. The fourth-order valence-corrected chi connectivity index (χ4v) is 3.86. The summed E-state index contributed by atoms with van der Waals surface area (Å²) in [5, 5.41) is 0. The van der Waals surface area contributed by atoms with Gasteiger partial charge in [0.15, 0.2) is 5.78 Å². The van der Waals surface area contributed by atoms with Gasteiger partial charge in [-0.3, -0.25) is 13.8 Å². The Morgan fingerprint density at radius 3 is 2.10 bits per heavy atom. The van der Waals surface area contributed by atoms with Gasteiger partial charge in [-0.2, -0.15) is 0 Å². The van der Waals surface area contributed by atoms with E-state index in [1.807, 2.05) is 30.3 Å². The van der Waals surface area contributed by atoms with Crippen molar-refractivity contribution in [2.75, 3.05) is 17.7 Å². The maximum Gasteiger partial charge on any atom is 0.242 e. The Kier molecular flexibility index (Phi) is 5.27. The number of anilines is 1. The van der Waals surface area contributed by atoms with Crippen molar-refractivity contribution < 1.29 is 18.5 Å². The lowest BCUT2D eigenvalue weighted by Gasteiger charge is -2.16. The van der Waals surface area contributed by atoms with E-state index in [9.17, 15) is 13.8 Å². The number of carbonyl (C=O) groups is 2. The van der Waals surface area contributed by atoms with E-state index in [0.717, 1.165) is 5.75 Å². The van der Waals surface area contributed by atoms with Gasteiger partial charge in [0.25, 0.3) is 0 Å². The molecule has 1 heterocycles. The number of ketones is 1. The lowest BCUT2D eigenvalue weighted by atomic mass is 9.97. The number of nitrogens with zero attached hydrogens (tertiary/aromatic N) is 1. The van der Waals surface area contributed by atoms with Gasteiger partial charge in [-0.25, -0.2) is 0 Å². The molecular formula is C23H19NO4S. The van der Waals surface area contributed by atoms with Gasteiger partial charge in [-0.15, -0.1) is 0 Å². The second-order valence-corrected chi connectivity index (χ2v) is 8.14. The lowest BCUT2D eigenvalue weighted by Crippen LogP contribution is -2.26. The molecule has 0 spiro atoms. The molecule has 1 saturated heterocycles. The van der Waals surface area contributed by atoms with E-state index in [1.165, 1.54) is 4.90 Å². The van der Waals surface area contributed by atoms with Crippen molar-refractivity contribution in [1.29, 1.82) is 0 Å². The van der Waals surface area contributed by atoms with Crippen molar-refractivity contribution in [3.63, 3.8) is 0 Å². The van der Waals surface area contributed by atoms with Crippen molar-refractivity contribution in [3.8, 4) is 11.5 Å². The van der Waals surface area contributed by atoms with Gasteiger partial charge in [0, 0.05) is 27.6 Å². The fourth-order valence-electron chi connectivity index (χ4n) is 3.34. The van der Waals surface area contributed by atoms with Crippen LogP contribution in [0.5, 0.6) is 11.5 Å². The summed E-state index contributed by atoms with van der Waals surface area (Å²) in [7, 11) is -1.09. The molecule has 2 atom stereocenters. The Labute approximate surface area is 171 Å². The van der Waals surface area contributed by atoms with E-state index < -0.39 is 16.7 Å². The molecule has 6 heteroatoms. The smallest absolute Gasteiger partial charge is 0.242 e. The van der Waals surface area contributed by atoms with Crippen LogP contribution in [0, 0.1) is 0 Å². The number of Topliss-reactive ketones (excluding diaryl/α,β-unsaturated/α-hetero) is 1. The van der Waals surface area contributed by atoms with Gasteiger partial charge in [0.2, 0.25) is 5.91 Å². The van der Waals surface area contributed by atoms with Crippen molar-refractivity contribution in [3.05, 3.63) is 84.4 Å². The quantitative estimate of drug-likeness (QED) is 0.604. The molecule has 29 heavy (non-hydrogen) atoms. The molecule has 1 aliphatic heterocycles. The van der Waals surface area contributed by atoms with E-state index >= 15 is 0 Å². The number of hydrogen-bond acceptors (Lipinski definition) is 4. The molecule has 1 amide bonds. The van der Waals surface area contributed by atoms with Crippen LogP contribution in [-0.4, -0.2) is 28.7 Å². The first-order valence-electron chi connectivity index (χ1n) is 9.13. The van der Waals surface area contributed by atoms with Crippen molar-refractivity contribution in [2.45, 2.75) is 10.8 Å². The number of carbonyl (C=O) groups excluding carboxylic acids is 2. The first-order chi connectivity index (χ1) is 14.0. The van der Waals surface area contributed by atoms with Gasteiger partial charge < -0.3 is 9.64 Å². The van der Waals surface area contributed by atoms with Gasteiger partial charge in [-0.05, 0) is 54.1 Å². The van der Waals surface area contributed by atoms with Crippen LogP contribution >= 0.6 is 0 Å². The molecule has 3 aromatic rings. The average molecular weight is 405 g/mol. The molecule has 5 nitrogen and oxygen atoms in total. The summed E-state index contributed by atoms with van der Waals surface area (Å²) >= 11 is 0. The molecule has 0 aromatic heterocycles. The van der Waals surface area contributed by atoms with E-state index in [2.05, 4.69) is 0 Å². The third-order valence-electron chi connectivity index (χ3n) is 4.82. The summed E-state index contributed by atoms with van der Waals surface area (Å²) in [6, 6.07) is 23.3. The number of ether oxygens (including phenoxy) is 1. The highest BCUT2D eigenvalue weighted by molar-refractivity contribution is 7.84. The minimum absolute atomic E-state index is 0.0281. The highest BCUT2D eigenvalue weighted by Crippen LogP contribution is 2.32. The summed E-state index contributed by atoms with van der Waals surface area (Å²) in [5.41, 5.74) is 1.28. The molecule has 0 saturated carbocycles. The summed E-state index contributed by atoms with van der Waals surface area (Å²) in [6.07, 6.45) is 1.60. The van der Waals surface area contributed by atoms with Crippen LogP contribution in [0.3, 0.4) is 0 Å². The third kappa shape index (κ3) is 3.98. The van der Waals surface area contributed by atoms with E-state index in [4.69, 9.17) is 4.74 Å². The van der Waals surface area contributed by atoms with Crippen LogP contribution in [0.4, 0.5) is 5.69 Å². The van der Waals surface area contributed by atoms with Crippen LogP contribution in [0.1, 0.15) is 11.5 Å². The molecule has 1 aliphatic rings. The maximum atomic E-state index is 12.9. The molecule has 4 rings (SSSR count). The Hall–Kier alpha value is -3.25. The van der Waals surface area contributed by atoms with Crippen LogP contribution in [0.25, 0.3) is 0 Å². The Bertz CT molecular complexity index is 1060. The SMILES string of the molecule is CS(=O)c1ccc(N2CC(=O)C(c3ccc(Oc4ccccc4)cc3)C2=O)cc1. The molecule has 2 unspecified atom stereocenters. The minimum Gasteiger partial charge on any atom is -0.457 e. The number of rotatable bonds is 5. The topological polar surface area (TPSA) is 63.7 Å². The predicted octanol–water partition coefficient (Wildman–Crippen LogP) is 3.92. The first-order valence-corrected chi connectivity index (χ1v) is 10.7. The Morgan fingerprint density at radius 2 is 1.48 bits per heavy atom. The highest BCUT2D eigenvalue weighted by atomic mass is 32.2. The lowest BCUT2D eigenvalue weighted by molar-refractivity contribution is -0.123. The van der Waals surface area contributed by atoms with E-state index in [0.29, 0.717) is 21.9 Å². The number of amides is 1. The first kappa shape index (κ1) is 19.1. The second kappa shape index (κ2) is 8.01. The normalized spacial score (nSPS) is 17.4. The van der Waals surface area contributed by atoms with Crippen molar-refractivity contribution >= 4 is 28.2 Å². The zero-order valence-corrected chi connectivity index (χ0v) is 16.6. The summed E-state index contributed by atoms with van der Waals surface area (Å²) in [5.74, 6) is 0.140. The van der Waals surface area contributed by atoms with E-state index in [1.54, 1.807) is 54.8 Å². The van der Waals surface area contributed by atoms with Crippen LogP contribution < -0.4 is 9.64 Å². The summed E-state index contributed by atoms with van der Waals surface area (Å²) < 4.78 is 17.3.